The zero-order valence-electron chi connectivity index (χ0n) is 15.3. The molecule has 0 aliphatic carbocycles. The summed E-state index contributed by atoms with van der Waals surface area (Å²) in [5.41, 5.74) is 4.84. The predicted molar refractivity (Wildman–Crippen MR) is 111 cm³/mol. The second kappa shape index (κ2) is 8.24. The molecule has 0 unspecified atom stereocenters. The number of hydrogen-bond acceptors (Lipinski definition) is 3. The van der Waals surface area contributed by atoms with Crippen molar-refractivity contribution in [1.82, 2.24) is 4.57 Å². The van der Waals surface area contributed by atoms with Gasteiger partial charge in [0.25, 0.3) is 0 Å². The third-order valence-corrected chi connectivity index (χ3v) is 4.64. The molecule has 4 aromatic rings. The van der Waals surface area contributed by atoms with Crippen LogP contribution in [-0.4, -0.2) is 10.8 Å². The molecule has 4 nitrogen and oxygen atoms in total. The Bertz CT molecular complexity index is 1150. The van der Waals surface area contributed by atoms with Gasteiger partial charge in [-0.2, -0.15) is 5.26 Å². The largest absolute Gasteiger partial charge is 0.391 e. The molecule has 3 aromatic carbocycles. The topological polar surface area (TPSA) is 50.3 Å². The Kier molecular flexibility index (Phi) is 5.17. The van der Waals surface area contributed by atoms with E-state index in [4.69, 9.17) is 10.1 Å². The fourth-order valence-electron chi connectivity index (χ4n) is 3.25. The second-order valence-corrected chi connectivity index (χ2v) is 6.49. The fraction of sp³-hybridized carbons (Fsp3) is 0.0833. The predicted octanol–water partition coefficient (Wildman–Crippen LogP) is 5.11. The standard InChI is InChI=1S/C24H19N3O/c25-14-20-10-4-5-11-21(20)18-28-26-15-22-17-27(16-19-8-2-1-3-9-19)24-13-7-6-12-23(22)24/h1-13,15,17H,16,18H2/b26-15-. The fourth-order valence-corrected chi connectivity index (χ4v) is 3.25. The smallest absolute Gasteiger partial charge is 0.143 e. The van der Waals surface area contributed by atoms with Crippen LogP contribution in [0.5, 0.6) is 0 Å². The molecule has 0 atom stereocenters. The SMILES string of the molecule is N#Cc1ccccc1CO/N=C\c1cn(Cc2ccccc2)c2ccccc12. The van der Waals surface area contributed by atoms with E-state index in [2.05, 4.69) is 58.4 Å². The Balaban J connectivity index is 1.54. The van der Waals surface area contributed by atoms with Crippen molar-refractivity contribution in [3.8, 4) is 6.07 Å². The maximum absolute atomic E-state index is 9.15. The molecule has 0 spiro atoms. The maximum atomic E-state index is 9.15. The van der Waals surface area contributed by atoms with Gasteiger partial charge in [0.15, 0.2) is 0 Å². The van der Waals surface area contributed by atoms with Crippen LogP contribution in [-0.2, 0) is 18.0 Å². The molecule has 0 radical (unpaired) electrons. The Morgan fingerprint density at radius 2 is 1.68 bits per heavy atom. The van der Waals surface area contributed by atoms with E-state index in [1.165, 1.54) is 5.56 Å². The van der Waals surface area contributed by atoms with Crippen molar-refractivity contribution in [3.05, 3.63) is 107 Å². The molecule has 0 bridgehead atoms. The number of nitrogens with zero attached hydrogens (tertiary/aromatic N) is 3. The van der Waals surface area contributed by atoms with E-state index in [0.29, 0.717) is 5.56 Å². The first-order chi connectivity index (χ1) is 13.8. The van der Waals surface area contributed by atoms with Crippen LogP contribution in [0.3, 0.4) is 0 Å². The molecule has 0 saturated heterocycles. The van der Waals surface area contributed by atoms with Crippen molar-refractivity contribution in [3.63, 3.8) is 0 Å². The van der Waals surface area contributed by atoms with E-state index in [-0.39, 0.29) is 6.61 Å². The molecule has 0 aliphatic rings. The van der Waals surface area contributed by atoms with Gasteiger partial charge in [-0.1, -0.05) is 71.9 Å². The highest BCUT2D eigenvalue weighted by Gasteiger charge is 2.07. The second-order valence-electron chi connectivity index (χ2n) is 6.49. The normalized spacial score (nSPS) is 11.0. The van der Waals surface area contributed by atoms with Gasteiger partial charge in [0.2, 0.25) is 0 Å². The summed E-state index contributed by atoms with van der Waals surface area (Å²) in [4.78, 5) is 5.45. The van der Waals surface area contributed by atoms with E-state index in [1.807, 2.05) is 36.4 Å². The minimum atomic E-state index is 0.267. The number of benzene rings is 3. The van der Waals surface area contributed by atoms with Gasteiger partial charge in [0.05, 0.1) is 17.8 Å². The summed E-state index contributed by atoms with van der Waals surface area (Å²) in [5.74, 6) is 0. The van der Waals surface area contributed by atoms with Crippen molar-refractivity contribution < 1.29 is 4.84 Å². The third kappa shape index (κ3) is 3.79. The highest BCUT2D eigenvalue weighted by atomic mass is 16.6. The van der Waals surface area contributed by atoms with Crippen LogP contribution in [0.2, 0.25) is 0 Å². The molecule has 4 rings (SSSR count). The summed E-state index contributed by atoms with van der Waals surface area (Å²) >= 11 is 0. The average Bonchev–Trinajstić information content (AvgIpc) is 3.10. The molecular weight excluding hydrogens is 346 g/mol. The highest BCUT2D eigenvalue weighted by Crippen LogP contribution is 2.21. The van der Waals surface area contributed by atoms with Crippen molar-refractivity contribution in [2.24, 2.45) is 5.16 Å². The van der Waals surface area contributed by atoms with E-state index in [9.17, 15) is 0 Å². The molecule has 0 amide bonds. The van der Waals surface area contributed by atoms with Crippen molar-refractivity contribution in [2.45, 2.75) is 13.2 Å². The lowest BCUT2D eigenvalue weighted by Crippen LogP contribution is -1.97. The van der Waals surface area contributed by atoms with E-state index >= 15 is 0 Å². The molecule has 28 heavy (non-hydrogen) atoms. The van der Waals surface area contributed by atoms with Crippen molar-refractivity contribution in [2.75, 3.05) is 0 Å². The van der Waals surface area contributed by atoms with Gasteiger partial charge in [0.1, 0.15) is 6.61 Å². The maximum Gasteiger partial charge on any atom is 0.143 e. The average molecular weight is 365 g/mol. The highest BCUT2D eigenvalue weighted by molar-refractivity contribution is 5.99. The Morgan fingerprint density at radius 3 is 2.54 bits per heavy atom. The molecule has 0 fully saturated rings. The van der Waals surface area contributed by atoms with E-state index in [1.54, 1.807) is 12.3 Å². The van der Waals surface area contributed by atoms with Crippen LogP contribution >= 0.6 is 0 Å². The van der Waals surface area contributed by atoms with Gasteiger partial charge in [-0.25, -0.2) is 0 Å². The van der Waals surface area contributed by atoms with Crippen LogP contribution in [0, 0.1) is 11.3 Å². The zero-order valence-corrected chi connectivity index (χ0v) is 15.3. The first-order valence-electron chi connectivity index (χ1n) is 9.10. The molecular formula is C24H19N3O. The summed E-state index contributed by atoms with van der Waals surface area (Å²) in [7, 11) is 0. The van der Waals surface area contributed by atoms with Gasteiger partial charge < -0.3 is 9.40 Å². The summed E-state index contributed by atoms with van der Waals surface area (Å²) in [6.07, 6.45) is 3.83. The number of fused-ring (bicyclic) bond motifs is 1. The summed E-state index contributed by atoms with van der Waals surface area (Å²) in [5, 5.41) is 14.4. The lowest BCUT2D eigenvalue weighted by Gasteiger charge is -2.05. The third-order valence-electron chi connectivity index (χ3n) is 4.64. The molecule has 1 heterocycles. The minimum Gasteiger partial charge on any atom is -0.391 e. The van der Waals surface area contributed by atoms with Crippen molar-refractivity contribution >= 4 is 17.1 Å². The van der Waals surface area contributed by atoms with Gasteiger partial charge in [-0.15, -0.1) is 0 Å². The monoisotopic (exact) mass is 365 g/mol. The van der Waals surface area contributed by atoms with Gasteiger partial charge >= 0.3 is 0 Å². The number of aromatic nitrogens is 1. The van der Waals surface area contributed by atoms with Crippen LogP contribution in [0.15, 0.2) is 90.2 Å². The lowest BCUT2D eigenvalue weighted by molar-refractivity contribution is 0.132. The Labute approximate surface area is 163 Å². The van der Waals surface area contributed by atoms with Crippen LogP contribution in [0.1, 0.15) is 22.3 Å². The Hall–Kier alpha value is -3.84. The quantitative estimate of drug-likeness (QED) is 0.352. The molecule has 0 saturated carbocycles. The molecule has 4 heteroatoms. The van der Waals surface area contributed by atoms with Gasteiger partial charge in [0, 0.05) is 34.8 Å². The van der Waals surface area contributed by atoms with E-state index in [0.717, 1.165) is 28.6 Å². The first-order valence-corrected chi connectivity index (χ1v) is 9.10. The number of rotatable bonds is 6. The molecule has 1 aromatic heterocycles. The first kappa shape index (κ1) is 17.6. The van der Waals surface area contributed by atoms with E-state index < -0.39 is 0 Å². The minimum absolute atomic E-state index is 0.267. The summed E-state index contributed by atoms with van der Waals surface area (Å²) in [6, 6.07) is 28.2. The number of hydrogen-bond donors (Lipinski definition) is 0. The lowest BCUT2D eigenvalue weighted by atomic mass is 10.1. The van der Waals surface area contributed by atoms with Gasteiger partial charge in [-0.3, -0.25) is 0 Å². The van der Waals surface area contributed by atoms with Crippen LogP contribution in [0.25, 0.3) is 10.9 Å². The number of oxime groups is 1. The summed E-state index contributed by atoms with van der Waals surface area (Å²) in [6.45, 7) is 1.06. The summed E-state index contributed by atoms with van der Waals surface area (Å²) < 4.78 is 2.22. The van der Waals surface area contributed by atoms with Crippen molar-refractivity contribution in [1.29, 1.82) is 5.26 Å². The van der Waals surface area contributed by atoms with Crippen LogP contribution in [0.4, 0.5) is 0 Å². The number of para-hydroxylation sites is 1. The van der Waals surface area contributed by atoms with Gasteiger partial charge in [-0.05, 0) is 17.7 Å². The molecule has 0 N–H and O–H groups in total. The Morgan fingerprint density at radius 1 is 0.929 bits per heavy atom. The van der Waals surface area contributed by atoms with Crippen LogP contribution < -0.4 is 0 Å². The number of nitriles is 1. The molecule has 136 valence electrons. The molecule has 0 aliphatic heterocycles. The zero-order chi connectivity index (χ0) is 19.2.